The van der Waals surface area contributed by atoms with E-state index in [0.29, 0.717) is 6.54 Å². The zero-order valence-corrected chi connectivity index (χ0v) is 5.94. The molecule has 0 aromatic heterocycles. The number of rotatable bonds is 4. The third kappa shape index (κ3) is 3.12. The fourth-order valence-electron chi connectivity index (χ4n) is 0.506. The highest BCUT2D eigenvalue weighted by Gasteiger charge is 2.07. The van der Waals surface area contributed by atoms with Gasteiger partial charge in [0.15, 0.2) is 0 Å². The fraction of sp³-hybridized carbons (Fsp3) is 0.667. The summed E-state index contributed by atoms with van der Waals surface area (Å²) in [5.41, 5.74) is 7.92. The molecular weight excluding hydrogens is 130 g/mol. The van der Waals surface area contributed by atoms with Crippen LogP contribution in [0.5, 0.6) is 0 Å². The minimum absolute atomic E-state index is 0.0478. The standard InChI is InChI=1S/C6H11N3O/c1-3-6(10)5(2)4-8-9-7/h3,5-6,10H,1,4H2,2H3/t5-,6-/m1/s1. The summed E-state index contributed by atoms with van der Waals surface area (Å²) < 4.78 is 0. The lowest BCUT2D eigenvalue weighted by molar-refractivity contribution is 0.167. The molecule has 0 saturated carbocycles. The lowest BCUT2D eigenvalue weighted by Crippen LogP contribution is -2.16. The van der Waals surface area contributed by atoms with E-state index in [1.54, 1.807) is 6.92 Å². The highest BCUT2D eigenvalue weighted by Crippen LogP contribution is 2.03. The van der Waals surface area contributed by atoms with Crippen LogP contribution < -0.4 is 0 Å². The third-order valence-electron chi connectivity index (χ3n) is 1.26. The number of hydrogen-bond acceptors (Lipinski definition) is 2. The molecule has 0 aliphatic carbocycles. The van der Waals surface area contributed by atoms with E-state index in [0.717, 1.165) is 0 Å². The molecule has 10 heavy (non-hydrogen) atoms. The summed E-state index contributed by atoms with van der Waals surface area (Å²) in [7, 11) is 0. The van der Waals surface area contributed by atoms with Crippen molar-refractivity contribution >= 4 is 0 Å². The predicted molar refractivity (Wildman–Crippen MR) is 39.4 cm³/mol. The molecule has 0 bridgehead atoms. The minimum atomic E-state index is -0.578. The zero-order valence-electron chi connectivity index (χ0n) is 5.94. The van der Waals surface area contributed by atoms with Gasteiger partial charge in [-0.1, -0.05) is 18.1 Å². The molecule has 0 fully saturated rings. The first-order chi connectivity index (χ1) is 4.72. The zero-order chi connectivity index (χ0) is 7.98. The van der Waals surface area contributed by atoms with Gasteiger partial charge in [0.2, 0.25) is 0 Å². The molecule has 0 aliphatic heterocycles. The van der Waals surface area contributed by atoms with E-state index in [1.807, 2.05) is 0 Å². The Bertz CT molecular complexity index is 151. The first-order valence-electron chi connectivity index (χ1n) is 3.03. The quantitative estimate of drug-likeness (QED) is 0.274. The van der Waals surface area contributed by atoms with Crippen molar-refractivity contribution in [2.24, 2.45) is 11.0 Å². The van der Waals surface area contributed by atoms with Crippen LogP contribution in [0.3, 0.4) is 0 Å². The van der Waals surface area contributed by atoms with Gasteiger partial charge in [0, 0.05) is 11.5 Å². The van der Waals surface area contributed by atoms with Crippen molar-refractivity contribution in [2.45, 2.75) is 13.0 Å². The molecule has 0 amide bonds. The summed E-state index contributed by atoms with van der Waals surface area (Å²) in [4.78, 5) is 2.57. The molecule has 4 nitrogen and oxygen atoms in total. The van der Waals surface area contributed by atoms with Crippen LogP contribution in [0.2, 0.25) is 0 Å². The summed E-state index contributed by atoms with van der Waals surface area (Å²) in [6, 6.07) is 0. The first kappa shape index (κ1) is 9.01. The summed E-state index contributed by atoms with van der Waals surface area (Å²) in [6.07, 6.45) is 0.850. The molecule has 0 aliphatic rings. The maximum atomic E-state index is 9.05. The minimum Gasteiger partial charge on any atom is -0.389 e. The number of azide groups is 1. The van der Waals surface area contributed by atoms with Crippen molar-refractivity contribution in [3.63, 3.8) is 0 Å². The third-order valence-corrected chi connectivity index (χ3v) is 1.26. The summed E-state index contributed by atoms with van der Waals surface area (Å²) in [5, 5.41) is 12.4. The predicted octanol–water partition coefficient (Wildman–Crippen LogP) is 1.48. The molecule has 4 heteroatoms. The van der Waals surface area contributed by atoms with Gasteiger partial charge in [-0.15, -0.1) is 6.58 Å². The highest BCUT2D eigenvalue weighted by molar-refractivity contribution is 4.83. The molecule has 2 atom stereocenters. The van der Waals surface area contributed by atoms with Crippen molar-refractivity contribution in [1.82, 2.24) is 0 Å². The van der Waals surface area contributed by atoms with Crippen LogP contribution >= 0.6 is 0 Å². The number of aliphatic hydroxyl groups excluding tert-OH is 1. The molecule has 0 unspecified atom stereocenters. The SMILES string of the molecule is C=C[C@@H](O)[C@H](C)CN=[N+]=[N-]. The van der Waals surface area contributed by atoms with Gasteiger partial charge in [-0.2, -0.15) is 0 Å². The van der Waals surface area contributed by atoms with Gasteiger partial charge in [-0.3, -0.25) is 0 Å². The molecule has 0 saturated heterocycles. The van der Waals surface area contributed by atoms with Gasteiger partial charge < -0.3 is 5.11 Å². The molecule has 1 N–H and O–H groups in total. The van der Waals surface area contributed by atoms with Crippen molar-refractivity contribution in [2.75, 3.05) is 6.54 Å². The Hall–Kier alpha value is -0.990. The van der Waals surface area contributed by atoms with E-state index < -0.39 is 6.10 Å². The van der Waals surface area contributed by atoms with Gasteiger partial charge in [0.1, 0.15) is 0 Å². The number of hydrogen-bond donors (Lipinski definition) is 1. The Balaban J connectivity index is 3.70. The molecule has 0 aromatic rings. The van der Waals surface area contributed by atoms with Crippen LogP contribution in [0, 0.1) is 5.92 Å². The smallest absolute Gasteiger partial charge is 0.0745 e. The van der Waals surface area contributed by atoms with E-state index >= 15 is 0 Å². The van der Waals surface area contributed by atoms with Gasteiger partial charge in [0.05, 0.1) is 6.10 Å². The van der Waals surface area contributed by atoms with Gasteiger partial charge in [-0.05, 0) is 11.4 Å². The Kier molecular flexibility index (Phi) is 4.37. The molecular formula is C6H11N3O. The number of aliphatic hydroxyl groups is 1. The largest absolute Gasteiger partial charge is 0.389 e. The molecule has 0 radical (unpaired) electrons. The van der Waals surface area contributed by atoms with Crippen molar-refractivity contribution < 1.29 is 5.11 Å². The van der Waals surface area contributed by atoms with E-state index in [2.05, 4.69) is 16.6 Å². The second-order valence-corrected chi connectivity index (χ2v) is 2.12. The highest BCUT2D eigenvalue weighted by atomic mass is 16.3. The molecule has 0 aromatic carbocycles. The normalized spacial score (nSPS) is 15.0. The second kappa shape index (κ2) is 4.85. The van der Waals surface area contributed by atoms with E-state index in [4.69, 9.17) is 10.6 Å². The molecule has 56 valence electrons. The number of nitrogens with zero attached hydrogens (tertiary/aromatic N) is 3. The molecule has 0 spiro atoms. The molecule has 0 rings (SSSR count). The topological polar surface area (TPSA) is 69.0 Å². The summed E-state index contributed by atoms with van der Waals surface area (Å²) in [5.74, 6) is -0.0478. The lowest BCUT2D eigenvalue weighted by Gasteiger charge is -2.10. The average molecular weight is 141 g/mol. The Morgan fingerprint density at radius 3 is 2.90 bits per heavy atom. The van der Waals surface area contributed by atoms with Crippen LogP contribution in [-0.2, 0) is 0 Å². The van der Waals surface area contributed by atoms with Gasteiger partial charge in [-0.25, -0.2) is 0 Å². The first-order valence-corrected chi connectivity index (χ1v) is 3.03. The monoisotopic (exact) mass is 141 g/mol. The maximum absolute atomic E-state index is 9.05. The van der Waals surface area contributed by atoms with Crippen molar-refractivity contribution in [3.8, 4) is 0 Å². The van der Waals surface area contributed by atoms with Crippen LogP contribution in [0.25, 0.3) is 10.4 Å². The Labute approximate surface area is 59.8 Å². The van der Waals surface area contributed by atoms with E-state index in [1.165, 1.54) is 6.08 Å². The van der Waals surface area contributed by atoms with Crippen LogP contribution in [0.4, 0.5) is 0 Å². The van der Waals surface area contributed by atoms with E-state index in [-0.39, 0.29) is 5.92 Å². The Morgan fingerprint density at radius 1 is 1.90 bits per heavy atom. The summed E-state index contributed by atoms with van der Waals surface area (Å²) in [6.45, 7) is 5.51. The van der Waals surface area contributed by atoms with E-state index in [9.17, 15) is 0 Å². The van der Waals surface area contributed by atoms with Crippen LogP contribution in [-0.4, -0.2) is 17.8 Å². The van der Waals surface area contributed by atoms with Gasteiger partial charge in [0.25, 0.3) is 0 Å². The van der Waals surface area contributed by atoms with Crippen molar-refractivity contribution in [1.29, 1.82) is 0 Å². The average Bonchev–Trinajstić information content (AvgIpc) is 1.98. The van der Waals surface area contributed by atoms with Crippen LogP contribution in [0.1, 0.15) is 6.92 Å². The lowest BCUT2D eigenvalue weighted by atomic mass is 10.1. The second-order valence-electron chi connectivity index (χ2n) is 2.12. The summed E-state index contributed by atoms with van der Waals surface area (Å²) >= 11 is 0. The fourth-order valence-corrected chi connectivity index (χ4v) is 0.506. The Morgan fingerprint density at radius 2 is 2.50 bits per heavy atom. The van der Waals surface area contributed by atoms with Crippen LogP contribution in [0.15, 0.2) is 17.8 Å². The molecule has 0 heterocycles. The maximum Gasteiger partial charge on any atom is 0.0745 e. The van der Waals surface area contributed by atoms with Crippen molar-refractivity contribution in [3.05, 3.63) is 23.1 Å². The van der Waals surface area contributed by atoms with Gasteiger partial charge >= 0.3 is 0 Å².